The third-order valence-corrected chi connectivity index (χ3v) is 9.54. The van der Waals surface area contributed by atoms with Gasteiger partial charge in [0, 0.05) is 31.2 Å². The zero-order chi connectivity index (χ0) is 29.0. The number of nitrogens with one attached hydrogen (secondary N) is 1. The summed E-state index contributed by atoms with van der Waals surface area (Å²) < 4.78 is 34.3. The Morgan fingerprint density at radius 3 is 2.00 bits per heavy atom. The van der Waals surface area contributed by atoms with Gasteiger partial charge in [0.25, 0.3) is 5.91 Å². The topological polar surface area (TPSA) is 79.0 Å². The van der Waals surface area contributed by atoms with Crippen molar-refractivity contribution in [3.63, 3.8) is 0 Å². The molecule has 0 bridgehead atoms. The highest BCUT2D eigenvalue weighted by Crippen LogP contribution is 2.33. The lowest BCUT2D eigenvalue weighted by Crippen LogP contribution is -2.49. The van der Waals surface area contributed by atoms with Crippen LogP contribution in [-0.4, -0.2) is 56.8 Å². The fourth-order valence-electron chi connectivity index (χ4n) is 5.04. The maximum Gasteiger partial charge on any atom is 0.257 e. The summed E-state index contributed by atoms with van der Waals surface area (Å²) in [4.78, 5) is 15.3. The molecule has 0 radical (unpaired) electrons. The highest BCUT2D eigenvalue weighted by Gasteiger charge is 2.32. The summed E-state index contributed by atoms with van der Waals surface area (Å²) in [5.74, 6) is -0.193. The van der Waals surface area contributed by atoms with Gasteiger partial charge in [-0.05, 0) is 47.5 Å². The van der Waals surface area contributed by atoms with E-state index in [2.05, 4.69) is 34.5 Å². The zero-order valence-corrected chi connectivity index (χ0v) is 24.7. The Morgan fingerprint density at radius 1 is 0.829 bits per heavy atom. The summed E-state index contributed by atoms with van der Waals surface area (Å²) in [6.45, 7) is 1.77. The standard InChI is InChI=1S/C31H29Cl2N3O4S/c1-40-29-15-13-25(21-28(29)34-31(37)26-14-12-24(32)20-27(26)33)41(38,39)36-18-16-35(17-19-36)30(22-8-4-2-5-9-22)23-10-6-3-7-11-23/h2-15,20-21,30H,16-19H2,1H3,(H,34,37). The number of rotatable bonds is 8. The number of carbonyl (C=O) groups excluding carboxylic acids is 1. The molecule has 10 heteroatoms. The number of piperazine rings is 1. The third-order valence-electron chi connectivity index (χ3n) is 7.10. The van der Waals surface area contributed by atoms with E-state index >= 15 is 0 Å². The first-order chi connectivity index (χ1) is 19.8. The molecule has 5 rings (SSSR count). The molecule has 0 aliphatic carbocycles. The summed E-state index contributed by atoms with van der Waals surface area (Å²) in [7, 11) is -2.40. The van der Waals surface area contributed by atoms with Crippen molar-refractivity contribution in [1.29, 1.82) is 0 Å². The first-order valence-electron chi connectivity index (χ1n) is 13.1. The largest absolute Gasteiger partial charge is 0.495 e. The van der Waals surface area contributed by atoms with Crippen LogP contribution in [0.5, 0.6) is 5.75 Å². The SMILES string of the molecule is COc1ccc(S(=O)(=O)N2CCN(C(c3ccccc3)c3ccccc3)CC2)cc1NC(=O)c1ccc(Cl)cc1Cl. The molecule has 1 N–H and O–H groups in total. The van der Waals surface area contributed by atoms with Crippen molar-refractivity contribution in [1.82, 2.24) is 9.21 Å². The Morgan fingerprint density at radius 2 is 1.44 bits per heavy atom. The van der Waals surface area contributed by atoms with Crippen LogP contribution in [0.25, 0.3) is 0 Å². The Bertz CT molecular complexity index is 1590. The molecule has 1 fully saturated rings. The lowest BCUT2D eigenvalue weighted by atomic mass is 9.96. The van der Waals surface area contributed by atoms with Gasteiger partial charge >= 0.3 is 0 Å². The number of halogens is 2. The van der Waals surface area contributed by atoms with Gasteiger partial charge in [0.1, 0.15) is 5.75 Å². The second-order valence-corrected chi connectivity index (χ2v) is 12.4. The lowest BCUT2D eigenvalue weighted by Gasteiger charge is -2.39. The van der Waals surface area contributed by atoms with Crippen LogP contribution in [0.1, 0.15) is 27.5 Å². The van der Waals surface area contributed by atoms with E-state index in [1.807, 2.05) is 36.4 Å². The van der Waals surface area contributed by atoms with E-state index in [9.17, 15) is 13.2 Å². The predicted octanol–water partition coefficient (Wildman–Crippen LogP) is 6.35. The van der Waals surface area contributed by atoms with Crippen molar-refractivity contribution in [3.8, 4) is 5.75 Å². The molecule has 0 spiro atoms. The number of hydrogen-bond donors (Lipinski definition) is 1. The normalized spacial score (nSPS) is 14.6. The summed E-state index contributed by atoms with van der Waals surface area (Å²) in [5, 5.41) is 3.31. The van der Waals surface area contributed by atoms with E-state index in [4.69, 9.17) is 27.9 Å². The average Bonchev–Trinajstić information content (AvgIpc) is 2.98. The summed E-state index contributed by atoms with van der Waals surface area (Å²) in [6, 6.07) is 29.5. The zero-order valence-electron chi connectivity index (χ0n) is 22.3. The summed E-state index contributed by atoms with van der Waals surface area (Å²) in [5.41, 5.74) is 2.74. The maximum absolute atomic E-state index is 13.7. The van der Waals surface area contributed by atoms with Crippen LogP contribution in [0.15, 0.2) is 102 Å². The summed E-state index contributed by atoms with van der Waals surface area (Å²) >= 11 is 12.2. The number of carbonyl (C=O) groups is 1. The third kappa shape index (κ3) is 6.42. The molecule has 41 heavy (non-hydrogen) atoms. The van der Waals surface area contributed by atoms with Crippen molar-refractivity contribution < 1.29 is 17.9 Å². The van der Waals surface area contributed by atoms with Gasteiger partial charge in [-0.25, -0.2) is 8.42 Å². The second kappa shape index (κ2) is 12.6. The Labute approximate surface area is 250 Å². The highest BCUT2D eigenvalue weighted by atomic mass is 35.5. The molecule has 0 saturated carbocycles. The quantitative estimate of drug-likeness (QED) is 0.252. The molecule has 4 aromatic rings. The van der Waals surface area contributed by atoms with Crippen LogP contribution in [0, 0.1) is 0 Å². The van der Waals surface area contributed by atoms with Crippen LogP contribution in [0.3, 0.4) is 0 Å². The molecule has 1 aliphatic heterocycles. The number of sulfonamides is 1. The first-order valence-corrected chi connectivity index (χ1v) is 15.3. The molecule has 0 atom stereocenters. The van der Waals surface area contributed by atoms with Gasteiger partial charge in [0.2, 0.25) is 10.0 Å². The van der Waals surface area contributed by atoms with Crippen LogP contribution in [0.4, 0.5) is 5.69 Å². The molecular weight excluding hydrogens is 581 g/mol. The molecule has 1 amide bonds. The number of nitrogens with zero attached hydrogens (tertiary/aromatic N) is 2. The van der Waals surface area contributed by atoms with Gasteiger partial charge in [-0.2, -0.15) is 4.31 Å². The predicted molar refractivity (Wildman–Crippen MR) is 162 cm³/mol. The minimum atomic E-state index is -3.85. The van der Waals surface area contributed by atoms with Crippen LogP contribution in [0.2, 0.25) is 10.0 Å². The fraction of sp³-hybridized carbons (Fsp3) is 0.194. The van der Waals surface area contributed by atoms with Crippen LogP contribution in [-0.2, 0) is 10.0 Å². The Hall–Kier alpha value is -3.40. The highest BCUT2D eigenvalue weighted by molar-refractivity contribution is 7.89. The number of ether oxygens (including phenoxy) is 1. The monoisotopic (exact) mass is 609 g/mol. The maximum atomic E-state index is 13.7. The van der Waals surface area contributed by atoms with E-state index in [1.54, 1.807) is 6.07 Å². The number of benzene rings is 4. The van der Waals surface area contributed by atoms with Crippen LogP contribution >= 0.6 is 23.2 Å². The molecular formula is C31H29Cl2N3O4S. The molecule has 1 aliphatic rings. The second-order valence-electron chi connectivity index (χ2n) is 9.60. The van der Waals surface area contributed by atoms with E-state index in [0.717, 1.165) is 11.1 Å². The summed E-state index contributed by atoms with van der Waals surface area (Å²) in [6.07, 6.45) is 0. The smallest absolute Gasteiger partial charge is 0.257 e. The number of amides is 1. The Balaban J connectivity index is 1.35. The molecule has 1 heterocycles. The molecule has 1 saturated heterocycles. The van der Waals surface area contributed by atoms with Gasteiger partial charge in [0.05, 0.1) is 34.3 Å². The molecule has 7 nitrogen and oxygen atoms in total. The van der Waals surface area contributed by atoms with Crippen molar-refractivity contribution >= 4 is 44.8 Å². The van der Waals surface area contributed by atoms with Gasteiger partial charge in [-0.1, -0.05) is 83.9 Å². The van der Waals surface area contributed by atoms with E-state index < -0.39 is 15.9 Å². The average molecular weight is 611 g/mol. The minimum absolute atomic E-state index is 0.0183. The van der Waals surface area contributed by atoms with Gasteiger partial charge in [0.15, 0.2) is 0 Å². The Kier molecular flexibility index (Phi) is 8.97. The van der Waals surface area contributed by atoms with Gasteiger partial charge in [-0.15, -0.1) is 0 Å². The molecule has 0 aromatic heterocycles. The van der Waals surface area contributed by atoms with Crippen molar-refractivity contribution in [3.05, 3.63) is 124 Å². The van der Waals surface area contributed by atoms with Crippen molar-refractivity contribution in [2.75, 3.05) is 38.6 Å². The number of methoxy groups -OCH3 is 1. The van der Waals surface area contributed by atoms with Crippen molar-refractivity contribution in [2.24, 2.45) is 0 Å². The number of hydrogen-bond acceptors (Lipinski definition) is 5. The fourth-order valence-corrected chi connectivity index (χ4v) is 6.99. The van der Waals surface area contributed by atoms with Crippen LogP contribution < -0.4 is 10.1 Å². The van der Waals surface area contributed by atoms with E-state index in [1.165, 1.54) is 41.7 Å². The van der Waals surface area contributed by atoms with Crippen molar-refractivity contribution in [2.45, 2.75) is 10.9 Å². The number of anilines is 1. The van der Waals surface area contributed by atoms with Gasteiger partial charge in [-0.3, -0.25) is 9.69 Å². The first kappa shape index (κ1) is 29.1. The van der Waals surface area contributed by atoms with Gasteiger partial charge < -0.3 is 10.1 Å². The van der Waals surface area contributed by atoms with E-state index in [0.29, 0.717) is 37.0 Å². The van der Waals surface area contributed by atoms with E-state index in [-0.39, 0.29) is 27.2 Å². The minimum Gasteiger partial charge on any atom is -0.495 e. The molecule has 212 valence electrons. The lowest BCUT2D eigenvalue weighted by molar-refractivity contribution is 0.102. The molecule has 4 aromatic carbocycles. The molecule has 0 unspecified atom stereocenters.